The third kappa shape index (κ3) is 4.32. The molecule has 94 valence electrons. The van der Waals surface area contributed by atoms with Crippen LogP contribution in [0.3, 0.4) is 0 Å². The van der Waals surface area contributed by atoms with Crippen molar-refractivity contribution in [2.75, 3.05) is 19.0 Å². The van der Waals surface area contributed by atoms with Gasteiger partial charge in [0.15, 0.2) is 0 Å². The third-order valence-electron chi connectivity index (χ3n) is 2.60. The lowest BCUT2D eigenvalue weighted by atomic mass is 10.1. The summed E-state index contributed by atoms with van der Waals surface area (Å²) in [5, 5.41) is 3.41. The second kappa shape index (κ2) is 6.57. The maximum atomic E-state index is 5.73. The van der Waals surface area contributed by atoms with Crippen LogP contribution >= 0.6 is 12.2 Å². The average Bonchev–Trinajstić information content (AvgIpc) is 2.28. The fourth-order valence-electron chi connectivity index (χ4n) is 1.62. The molecule has 3 nitrogen and oxygen atoms in total. The van der Waals surface area contributed by atoms with Crippen molar-refractivity contribution in [3.05, 3.63) is 29.3 Å². The molecule has 0 aliphatic carbocycles. The number of hydrogen-bond acceptors (Lipinski definition) is 3. The van der Waals surface area contributed by atoms with Gasteiger partial charge >= 0.3 is 0 Å². The molecule has 0 aromatic heterocycles. The highest BCUT2D eigenvalue weighted by Crippen LogP contribution is 2.18. The maximum absolute atomic E-state index is 5.73. The van der Waals surface area contributed by atoms with Gasteiger partial charge in [-0.1, -0.05) is 23.8 Å². The van der Waals surface area contributed by atoms with Crippen LogP contribution in [0.2, 0.25) is 0 Å². The van der Waals surface area contributed by atoms with E-state index in [1.54, 1.807) is 7.11 Å². The molecular weight excluding hydrogens is 232 g/mol. The van der Waals surface area contributed by atoms with E-state index in [0.29, 0.717) is 11.0 Å². The molecule has 0 amide bonds. The van der Waals surface area contributed by atoms with Crippen LogP contribution in [0.25, 0.3) is 0 Å². The van der Waals surface area contributed by atoms with E-state index in [1.807, 2.05) is 25.1 Å². The number of anilines is 1. The summed E-state index contributed by atoms with van der Waals surface area (Å²) < 4.78 is 5.06. The highest BCUT2D eigenvalue weighted by Gasteiger charge is 2.08. The first-order valence-electron chi connectivity index (χ1n) is 5.70. The number of ether oxygens (including phenoxy) is 1. The lowest BCUT2D eigenvalue weighted by Gasteiger charge is -2.18. The Bertz CT molecular complexity index is 393. The predicted molar refractivity (Wildman–Crippen MR) is 76.6 cm³/mol. The van der Waals surface area contributed by atoms with Gasteiger partial charge in [-0.05, 0) is 32.4 Å². The minimum Gasteiger partial charge on any atom is -0.389 e. The van der Waals surface area contributed by atoms with E-state index in [0.717, 1.165) is 29.8 Å². The van der Waals surface area contributed by atoms with E-state index < -0.39 is 0 Å². The smallest absolute Gasteiger partial charge is 0.106 e. The highest BCUT2D eigenvalue weighted by molar-refractivity contribution is 7.80. The van der Waals surface area contributed by atoms with E-state index in [9.17, 15) is 0 Å². The Labute approximate surface area is 108 Å². The molecule has 0 radical (unpaired) electrons. The standard InChI is InChI=1S/C13H20N2OS/c1-9-4-5-12(11(8-9)13(14)17)15-10(2)6-7-16-3/h4-5,8,10,15H,6-7H2,1-3H3,(H2,14,17). The van der Waals surface area contributed by atoms with Crippen LogP contribution in [-0.4, -0.2) is 24.7 Å². The fraction of sp³-hybridized carbons (Fsp3) is 0.462. The minimum atomic E-state index is 0.325. The summed E-state index contributed by atoms with van der Waals surface area (Å²) in [4.78, 5) is 0.426. The Hall–Kier alpha value is -1.13. The molecule has 4 heteroatoms. The second-order valence-corrected chi connectivity index (χ2v) is 4.68. The van der Waals surface area contributed by atoms with E-state index >= 15 is 0 Å². The Kier molecular flexibility index (Phi) is 5.38. The molecule has 0 aliphatic rings. The first kappa shape index (κ1) is 13.9. The van der Waals surface area contributed by atoms with Crippen LogP contribution in [0.5, 0.6) is 0 Å². The summed E-state index contributed by atoms with van der Waals surface area (Å²) in [6, 6.07) is 6.40. The van der Waals surface area contributed by atoms with E-state index in [4.69, 9.17) is 22.7 Å². The van der Waals surface area contributed by atoms with Crippen LogP contribution in [0, 0.1) is 6.92 Å². The van der Waals surface area contributed by atoms with Crippen molar-refractivity contribution in [2.24, 2.45) is 5.73 Å². The van der Waals surface area contributed by atoms with E-state index in [2.05, 4.69) is 12.2 Å². The highest BCUT2D eigenvalue weighted by atomic mass is 32.1. The quantitative estimate of drug-likeness (QED) is 0.764. The molecule has 1 aromatic carbocycles. The van der Waals surface area contributed by atoms with Gasteiger partial charge in [-0.25, -0.2) is 0 Å². The normalized spacial score (nSPS) is 12.2. The van der Waals surface area contributed by atoms with Gasteiger partial charge < -0.3 is 15.8 Å². The minimum absolute atomic E-state index is 0.325. The number of aryl methyl sites for hydroxylation is 1. The van der Waals surface area contributed by atoms with Crippen molar-refractivity contribution in [1.29, 1.82) is 0 Å². The number of methoxy groups -OCH3 is 1. The van der Waals surface area contributed by atoms with Crippen molar-refractivity contribution in [1.82, 2.24) is 0 Å². The topological polar surface area (TPSA) is 47.3 Å². The molecule has 0 heterocycles. The molecular formula is C13H20N2OS. The van der Waals surface area contributed by atoms with Gasteiger partial charge in [0, 0.05) is 31.0 Å². The summed E-state index contributed by atoms with van der Waals surface area (Å²) in [7, 11) is 1.71. The molecule has 0 saturated carbocycles. The van der Waals surface area contributed by atoms with E-state index in [-0.39, 0.29) is 0 Å². The predicted octanol–water partition coefficient (Wildman–Crippen LogP) is 2.47. The van der Waals surface area contributed by atoms with E-state index in [1.165, 1.54) is 0 Å². The summed E-state index contributed by atoms with van der Waals surface area (Å²) in [5.41, 5.74) is 8.78. The maximum Gasteiger partial charge on any atom is 0.106 e. The Morgan fingerprint density at radius 3 is 2.82 bits per heavy atom. The van der Waals surface area contributed by atoms with Crippen LogP contribution in [0.4, 0.5) is 5.69 Å². The molecule has 1 aromatic rings. The van der Waals surface area contributed by atoms with Gasteiger partial charge in [0.2, 0.25) is 0 Å². The molecule has 0 spiro atoms. The zero-order chi connectivity index (χ0) is 12.8. The number of nitrogens with one attached hydrogen (secondary N) is 1. The van der Waals surface area contributed by atoms with Crippen molar-refractivity contribution in [3.63, 3.8) is 0 Å². The first-order valence-corrected chi connectivity index (χ1v) is 6.11. The number of rotatable bonds is 6. The number of hydrogen-bond donors (Lipinski definition) is 2. The first-order chi connectivity index (χ1) is 8.04. The monoisotopic (exact) mass is 252 g/mol. The van der Waals surface area contributed by atoms with Crippen molar-refractivity contribution in [2.45, 2.75) is 26.3 Å². The Balaban J connectivity index is 2.79. The van der Waals surface area contributed by atoms with Gasteiger partial charge in [0.05, 0.1) is 0 Å². The molecule has 0 saturated heterocycles. The molecule has 1 rings (SSSR count). The van der Waals surface area contributed by atoms with Gasteiger partial charge in [-0.15, -0.1) is 0 Å². The van der Waals surface area contributed by atoms with Gasteiger partial charge in [-0.2, -0.15) is 0 Å². The Morgan fingerprint density at radius 2 is 2.24 bits per heavy atom. The summed E-state index contributed by atoms with van der Waals surface area (Å²) in [6.07, 6.45) is 0.946. The van der Waals surface area contributed by atoms with Gasteiger partial charge in [0.25, 0.3) is 0 Å². The largest absolute Gasteiger partial charge is 0.389 e. The van der Waals surface area contributed by atoms with Gasteiger partial charge in [-0.3, -0.25) is 0 Å². The van der Waals surface area contributed by atoms with Crippen LogP contribution < -0.4 is 11.1 Å². The molecule has 0 aliphatic heterocycles. The van der Waals surface area contributed by atoms with Crippen LogP contribution in [0.1, 0.15) is 24.5 Å². The fourth-order valence-corrected chi connectivity index (χ4v) is 1.79. The van der Waals surface area contributed by atoms with Crippen molar-refractivity contribution in [3.8, 4) is 0 Å². The molecule has 1 unspecified atom stereocenters. The lowest BCUT2D eigenvalue weighted by Crippen LogP contribution is -2.20. The Morgan fingerprint density at radius 1 is 1.53 bits per heavy atom. The average molecular weight is 252 g/mol. The zero-order valence-corrected chi connectivity index (χ0v) is 11.4. The molecule has 3 N–H and O–H groups in total. The SMILES string of the molecule is COCCC(C)Nc1ccc(C)cc1C(N)=S. The van der Waals surface area contributed by atoms with Gasteiger partial charge in [0.1, 0.15) is 4.99 Å². The summed E-state index contributed by atoms with van der Waals surface area (Å²) in [6.45, 7) is 4.88. The molecule has 17 heavy (non-hydrogen) atoms. The zero-order valence-electron chi connectivity index (χ0n) is 10.6. The number of benzene rings is 1. The van der Waals surface area contributed by atoms with Crippen LogP contribution in [0.15, 0.2) is 18.2 Å². The van der Waals surface area contributed by atoms with Crippen molar-refractivity contribution >= 4 is 22.9 Å². The number of nitrogens with two attached hydrogens (primary N) is 1. The lowest BCUT2D eigenvalue weighted by molar-refractivity contribution is 0.191. The van der Waals surface area contributed by atoms with Crippen LogP contribution in [-0.2, 0) is 4.74 Å². The summed E-state index contributed by atoms with van der Waals surface area (Å²) >= 11 is 5.06. The molecule has 0 fully saturated rings. The second-order valence-electron chi connectivity index (χ2n) is 4.24. The van der Waals surface area contributed by atoms with Crippen molar-refractivity contribution < 1.29 is 4.74 Å². The molecule has 0 bridgehead atoms. The third-order valence-corrected chi connectivity index (χ3v) is 2.82. The summed E-state index contributed by atoms with van der Waals surface area (Å²) in [5.74, 6) is 0. The molecule has 1 atom stereocenters. The number of thiocarbonyl (C=S) groups is 1.